The SMILES string of the molecule is [2H]C([2H])([2H])C(C(=O)[O-])c1ccc(CCCC)cc1.[Na+]. The minimum Gasteiger partial charge on any atom is -0.550 e. The number of benzene rings is 1. The Balaban J connectivity index is 0.00000324. The van der Waals surface area contributed by atoms with Crippen LogP contribution in [0, 0.1) is 0 Å². The topological polar surface area (TPSA) is 40.1 Å². The molecular weight excluding hydrogens is 211 g/mol. The van der Waals surface area contributed by atoms with Crippen molar-refractivity contribution in [1.82, 2.24) is 0 Å². The number of hydrogen-bond acceptors (Lipinski definition) is 2. The number of carbonyl (C=O) groups is 1. The standard InChI is InChI=1S/C13H18O2.Na/c1-3-4-5-11-6-8-12(9-7-11)10(2)13(14)15;/h6-10H,3-5H2,1-2H3,(H,14,15);/q;+1/p-1/i2D3;. The molecule has 0 aliphatic heterocycles. The van der Waals surface area contributed by atoms with Crippen LogP contribution >= 0.6 is 0 Å². The average molecular weight is 231 g/mol. The Kier molecular flexibility index (Phi) is 5.33. The Morgan fingerprint density at radius 1 is 1.44 bits per heavy atom. The summed E-state index contributed by atoms with van der Waals surface area (Å²) in [7, 11) is 0. The largest absolute Gasteiger partial charge is 1.00 e. The van der Waals surface area contributed by atoms with E-state index in [4.69, 9.17) is 4.11 Å². The molecule has 0 radical (unpaired) electrons. The van der Waals surface area contributed by atoms with E-state index in [1.54, 1.807) is 24.3 Å². The van der Waals surface area contributed by atoms with Crippen molar-refractivity contribution in [3.63, 3.8) is 0 Å². The first-order valence-electron chi connectivity index (χ1n) is 6.66. The summed E-state index contributed by atoms with van der Waals surface area (Å²) in [6.07, 6.45) is 3.06. The van der Waals surface area contributed by atoms with Crippen molar-refractivity contribution in [1.29, 1.82) is 0 Å². The molecule has 1 aromatic rings. The molecule has 1 atom stereocenters. The molecule has 0 heterocycles. The Morgan fingerprint density at radius 3 is 2.50 bits per heavy atom. The molecule has 0 saturated heterocycles. The third kappa shape index (κ3) is 4.69. The zero-order chi connectivity index (χ0) is 13.8. The zero-order valence-corrected chi connectivity index (χ0v) is 11.8. The van der Waals surface area contributed by atoms with E-state index < -0.39 is 18.7 Å². The van der Waals surface area contributed by atoms with Crippen molar-refractivity contribution >= 4 is 5.97 Å². The van der Waals surface area contributed by atoms with Crippen molar-refractivity contribution in [3.05, 3.63) is 35.4 Å². The van der Waals surface area contributed by atoms with Gasteiger partial charge < -0.3 is 9.90 Å². The van der Waals surface area contributed by atoms with Gasteiger partial charge in [-0.1, -0.05) is 44.5 Å². The summed E-state index contributed by atoms with van der Waals surface area (Å²) in [5.74, 6) is -3.12. The van der Waals surface area contributed by atoms with Gasteiger partial charge in [-0.25, -0.2) is 0 Å². The molecule has 0 aliphatic rings. The number of rotatable bonds is 5. The maximum Gasteiger partial charge on any atom is 1.00 e. The van der Waals surface area contributed by atoms with Gasteiger partial charge in [-0.3, -0.25) is 0 Å². The monoisotopic (exact) mass is 231 g/mol. The first-order valence-corrected chi connectivity index (χ1v) is 5.16. The van der Waals surface area contributed by atoms with E-state index >= 15 is 0 Å². The van der Waals surface area contributed by atoms with Crippen LogP contribution in [0.2, 0.25) is 0 Å². The van der Waals surface area contributed by atoms with Gasteiger partial charge in [0.15, 0.2) is 0 Å². The van der Waals surface area contributed by atoms with Crippen molar-refractivity contribution in [3.8, 4) is 0 Å². The van der Waals surface area contributed by atoms with Gasteiger partial charge in [-0.05, 0) is 24.0 Å². The number of carboxylic acid groups (broad SMARTS) is 1. The van der Waals surface area contributed by atoms with Gasteiger partial charge in [-0.15, -0.1) is 0 Å². The third-order valence-electron chi connectivity index (χ3n) is 2.37. The molecule has 1 rings (SSSR count). The van der Waals surface area contributed by atoms with Gasteiger partial charge in [-0.2, -0.15) is 0 Å². The molecule has 0 aliphatic carbocycles. The van der Waals surface area contributed by atoms with Crippen LogP contribution in [0.4, 0.5) is 0 Å². The summed E-state index contributed by atoms with van der Waals surface area (Å²) in [4.78, 5) is 10.9. The fraction of sp³-hybridized carbons (Fsp3) is 0.462. The fourth-order valence-electron chi connectivity index (χ4n) is 1.39. The fourth-order valence-corrected chi connectivity index (χ4v) is 1.39. The van der Waals surface area contributed by atoms with E-state index in [0.29, 0.717) is 0 Å². The molecule has 0 amide bonds. The van der Waals surface area contributed by atoms with Crippen LogP contribution < -0.4 is 34.7 Å². The summed E-state index contributed by atoms with van der Waals surface area (Å²) in [6, 6.07) is 6.70. The molecule has 2 nitrogen and oxygen atoms in total. The molecule has 82 valence electrons. The Bertz CT molecular complexity index is 401. The van der Waals surface area contributed by atoms with Gasteiger partial charge >= 0.3 is 29.6 Å². The molecule has 0 aromatic heterocycles. The van der Waals surface area contributed by atoms with Crippen LogP contribution in [0.1, 0.15) is 47.8 Å². The van der Waals surface area contributed by atoms with E-state index in [1.165, 1.54) is 0 Å². The second-order valence-corrected chi connectivity index (χ2v) is 3.60. The first kappa shape index (κ1) is 10.8. The number of aryl methyl sites for hydroxylation is 1. The van der Waals surface area contributed by atoms with E-state index in [9.17, 15) is 9.90 Å². The minimum atomic E-state index is -2.58. The van der Waals surface area contributed by atoms with Crippen LogP contribution in [0.15, 0.2) is 24.3 Å². The van der Waals surface area contributed by atoms with E-state index in [-0.39, 0.29) is 35.1 Å². The minimum absolute atomic E-state index is 0. The molecule has 1 unspecified atom stereocenters. The predicted octanol–water partition coefficient (Wildman–Crippen LogP) is -1.11. The Morgan fingerprint density at radius 2 is 2.06 bits per heavy atom. The second-order valence-electron chi connectivity index (χ2n) is 3.60. The summed E-state index contributed by atoms with van der Waals surface area (Å²) in [5, 5.41) is 10.9. The Hall–Kier alpha value is -0.310. The van der Waals surface area contributed by atoms with E-state index in [1.807, 2.05) is 0 Å². The molecule has 0 N–H and O–H groups in total. The molecule has 0 fully saturated rings. The molecule has 3 heteroatoms. The number of unbranched alkanes of at least 4 members (excludes halogenated alkanes) is 1. The van der Waals surface area contributed by atoms with Crippen LogP contribution in [-0.4, -0.2) is 5.97 Å². The Labute approximate surface area is 124 Å². The maximum absolute atomic E-state index is 10.9. The molecule has 0 saturated carbocycles. The smallest absolute Gasteiger partial charge is 0.550 e. The number of hydrogen-bond donors (Lipinski definition) is 0. The van der Waals surface area contributed by atoms with E-state index in [2.05, 4.69) is 6.92 Å². The maximum atomic E-state index is 10.9. The predicted molar refractivity (Wildman–Crippen MR) is 58.5 cm³/mol. The summed E-state index contributed by atoms with van der Waals surface area (Å²) in [5.41, 5.74) is 1.36. The molecule has 0 spiro atoms. The zero-order valence-electron chi connectivity index (χ0n) is 12.8. The van der Waals surface area contributed by atoms with Gasteiger partial charge in [0.1, 0.15) is 0 Å². The van der Waals surface area contributed by atoms with Gasteiger partial charge in [0.25, 0.3) is 0 Å². The number of carboxylic acids is 1. The summed E-state index contributed by atoms with van der Waals surface area (Å²) >= 11 is 0. The molecule has 0 bridgehead atoms. The summed E-state index contributed by atoms with van der Waals surface area (Å²) in [6.45, 7) is -0.487. The van der Waals surface area contributed by atoms with Crippen LogP contribution in [0.25, 0.3) is 0 Å². The molecular formula is C13H17NaO2. The van der Waals surface area contributed by atoms with Gasteiger partial charge in [0, 0.05) is 16.0 Å². The van der Waals surface area contributed by atoms with Crippen LogP contribution in [0.5, 0.6) is 0 Å². The third-order valence-corrected chi connectivity index (χ3v) is 2.37. The van der Waals surface area contributed by atoms with Crippen molar-refractivity contribution in [2.45, 2.75) is 39.0 Å². The number of aliphatic carboxylic acids is 1. The molecule has 1 aromatic carbocycles. The van der Waals surface area contributed by atoms with Crippen molar-refractivity contribution in [2.75, 3.05) is 0 Å². The van der Waals surface area contributed by atoms with Crippen molar-refractivity contribution < 1.29 is 43.6 Å². The van der Waals surface area contributed by atoms with Crippen LogP contribution in [-0.2, 0) is 11.2 Å². The number of carbonyl (C=O) groups excluding carboxylic acids is 1. The van der Waals surface area contributed by atoms with E-state index in [0.717, 1.165) is 24.8 Å². The van der Waals surface area contributed by atoms with Crippen molar-refractivity contribution in [2.24, 2.45) is 0 Å². The molecule has 16 heavy (non-hydrogen) atoms. The second kappa shape index (κ2) is 7.88. The van der Waals surface area contributed by atoms with Gasteiger partial charge in [0.05, 0.1) is 0 Å². The van der Waals surface area contributed by atoms with Crippen LogP contribution in [0.3, 0.4) is 0 Å². The first-order chi connectivity index (χ1) is 8.36. The quantitative estimate of drug-likeness (QED) is 0.603. The normalized spacial score (nSPS) is 15.2. The van der Waals surface area contributed by atoms with Gasteiger partial charge in [0.2, 0.25) is 0 Å². The average Bonchev–Trinajstić information content (AvgIpc) is 2.25. The summed E-state index contributed by atoms with van der Waals surface area (Å²) < 4.78 is 21.7.